The smallest absolute Gasteiger partial charge is 0.240 e. The highest BCUT2D eigenvalue weighted by Gasteiger charge is 2.12. The van der Waals surface area contributed by atoms with E-state index in [-0.39, 0.29) is 18.0 Å². The zero-order chi connectivity index (χ0) is 16.0. The molecule has 4 nitrogen and oxygen atoms in total. The number of aryl methyl sites for hydroxylation is 1. The second kappa shape index (κ2) is 7.38. The van der Waals surface area contributed by atoms with E-state index >= 15 is 0 Å². The summed E-state index contributed by atoms with van der Waals surface area (Å²) < 4.78 is 44.8. The number of halogens is 1. The molecule has 118 valence electrons. The maximum Gasteiger partial charge on any atom is 0.240 e. The van der Waals surface area contributed by atoms with E-state index in [0.717, 1.165) is 12.0 Å². The number of rotatable bonds is 7. The quantitative estimate of drug-likeness (QED) is 0.797. The van der Waals surface area contributed by atoms with Crippen LogP contribution in [0.2, 0.25) is 0 Å². The molecule has 0 unspecified atom stereocenters. The van der Waals surface area contributed by atoms with Gasteiger partial charge in [0.1, 0.15) is 18.2 Å². The van der Waals surface area contributed by atoms with E-state index in [0.29, 0.717) is 5.75 Å². The molecule has 0 atom stereocenters. The summed E-state index contributed by atoms with van der Waals surface area (Å²) in [7, 11) is -3.55. The van der Waals surface area contributed by atoms with E-state index in [1.54, 1.807) is 30.3 Å². The number of hydrogen-bond donors (Lipinski definition) is 1. The van der Waals surface area contributed by atoms with Crippen molar-refractivity contribution in [1.29, 1.82) is 0 Å². The summed E-state index contributed by atoms with van der Waals surface area (Å²) in [5, 5.41) is 0. The molecule has 0 radical (unpaired) electrons. The van der Waals surface area contributed by atoms with Crippen molar-refractivity contribution in [2.45, 2.75) is 18.2 Å². The zero-order valence-corrected chi connectivity index (χ0v) is 13.1. The number of hydrogen-bond acceptors (Lipinski definition) is 3. The van der Waals surface area contributed by atoms with Crippen LogP contribution >= 0.6 is 0 Å². The van der Waals surface area contributed by atoms with Crippen LogP contribution in [0.1, 0.15) is 12.5 Å². The number of nitrogens with one attached hydrogen (secondary N) is 1. The molecule has 2 aromatic carbocycles. The molecular formula is C16H18FNO3S. The van der Waals surface area contributed by atoms with Gasteiger partial charge in [-0.25, -0.2) is 17.5 Å². The highest BCUT2D eigenvalue weighted by molar-refractivity contribution is 7.89. The molecule has 1 N–H and O–H groups in total. The fourth-order valence-corrected chi connectivity index (χ4v) is 2.90. The molecular weight excluding hydrogens is 305 g/mol. The molecule has 22 heavy (non-hydrogen) atoms. The van der Waals surface area contributed by atoms with Crippen molar-refractivity contribution in [3.8, 4) is 5.75 Å². The van der Waals surface area contributed by atoms with Crippen molar-refractivity contribution in [2.75, 3.05) is 13.2 Å². The van der Waals surface area contributed by atoms with Gasteiger partial charge < -0.3 is 4.74 Å². The second-order valence-corrected chi connectivity index (χ2v) is 6.47. The molecule has 0 spiro atoms. The Kier molecular flexibility index (Phi) is 5.51. The summed E-state index contributed by atoms with van der Waals surface area (Å²) >= 11 is 0. The predicted molar refractivity (Wildman–Crippen MR) is 82.9 cm³/mol. The lowest BCUT2D eigenvalue weighted by Gasteiger charge is -2.09. The van der Waals surface area contributed by atoms with E-state index in [2.05, 4.69) is 4.72 Å². The van der Waals surface area contributed by atoms with Gasteiger partial charge >= 0.3 is 0 Å². The first-order chi connectivity index (χ1) is 10.5. The van der Waals surface area contributed by atoms with Gasteiger partial charge in [0, 0.05) is 12.6 Å². The highest BCUT2D eigenvalue weighted by atomic mass is 32.2. The normalized spacial score (nSPS) is 11.4. The molecule has 0 saturated heterocycles. The summed E-state index contributed by atoms with van der Waals surface area (Å²) in [5.41, 5.74) is 1.08. The van der Waals surface area contributed by atoms with Crippen LogP contribution in [0.15, 0.2) is 53.4 Å². The molecule has 0 aliphatic rings. The van der Waals surface area contributed by atoms with Crippen LogP contribution in [0.3, 0.4) is 0 Å². The molecule has 0 fully saturated rings. The number of ether oxygens (including phenoxy) is 1. The van der Waals surface area contributed by atoms with Crippen LogP contribution in [0, 0.1) is 5.82 Å². The maximum atomic E-state index is 13.0. The van der Waals surface area contributed by atoms with Gasteiger partial charge in [0.05, 0.1) is 4.90 Å². The van der Waals surface area contributed by atoms with Gasteiger partial charge in [0.15, 0.2) is 0 Å². The lowest BCUT2D eigenvalue weighted by Crippen LogP contribution is -2.28. The third kappa shape index (κ3) is 4.54. The Morgan fingerprint density at radius 2 is 1.86 bits per heavy atom. The van der Waals surface area contributed by atoms with Crippen LogP contribution in [-0.4, -0.2) is 21.6 Å². The van der Waals surface area contributed by atoms with Gasteiger partial charge in [-0.05, 0) is 36.2 Å². The van der Waals surface area contributed by atoms with Gasteiger partial charge in [-0.1, -0.05) is 25.1 Å². The molecule has 0 aromatic heterocycles. The van der Waals surface area contributed by atoms with Crippen LogP contribution < -0.4 is 9.46 Å². The van der Waals surface area contributed by atoms with Crippen LogP contribution in [0.25, 0.3) is 0 Å². The molecule has 0 aliphatic heterocycles. The Morgan fingerprint density at radius 3 is 2.50 bits per heavy atom. The molecule has 0 aliphatic carbocycles. The molecule has 0 amide bonds. The summed E-state index contributed by atoms with van der Waals surface area (Å²) in [4.78, 5) is 0.218. The van der Waals surface area contributed by atoms with E-state index in [1.165, 1.54) is 18.2 Å². The van der Waals surface area contributed by atoms with Crippen molar-refractivity contribution < 1.29 is 17.5 Å². The van der Waals surface area contributed by atoms with E-state index in [9.17, 15) is 12.8 Å². The van der Waals surface area contributed by atoms with Gasteiger partial charge in [-0.15, -0.1) is 0 Å². The number of benzene rings is 2. The molecule has 0 saturated carbocycles. The van der Waals surface area contributed by atoms with Crippen LogP contribution in [0.5, 0.6) is 5.75 Å². The molecule has 2 aromatic rings. The average Bonchev–Trinajstić information content (AvgIpc) is 2.52. The second-order valence-electron chi connectivity index (χ2n) is 4.70. The first-order valence-corrected chi connectivity index (χ1v) is 8.46. The third-order valence-corrected chi connectivity index (χ3v) is 4.58. The van der Waals surface area contributed by atoms with Crippen molar-refractivity contribution in [3.63, 3.8) is 0 Å². The van der Waals surface area contributed by atoms with Gasteiger partial charge in [-0.2, -0.15) is 0 Å². The Balaban J connectivity index is 1.87. The standard InChI is InChI=1S/C16H18FNO3S/c1-2-13-6-8-16(9-7-13)22(19,20)18-10-11-21-15-5-3-4-14(17)12-15/h3-9,12,18H,2,10-11H2,1H3. The predicted octanol–water partition coefficient (Wildman–Crippen LogP) is 2.75. The molecule has 0 heterocycles. The van der Waals surface area contributed by atoms with Crippen molar-refractivity contribution in [2.24, 2.45) is 0 Å². The van der Waals surface area contributed by atoms with Crippen LogP contribution in [-0.2, 0) is 16.4 Å². The fourth-order valence-electron chi connectivity index (χ4n) is 1.89. The van der Waals surface area contributed by atoms with Crippen molar-refractivity contribution >= 4 is 10.0 Å². The maximum absolute atomic E-state index is 13.0. The van der Waals surface area contributed by atoms with E-state index in [4.69, 9.17) is 4.74 Å². The molecule has 6 heteroatoms. The zero-order valence-electron chi connectivity index (χ0n) is 12.3. The fraction of sp³-hybridized carbons (Fsp3) is 0.250. The summed E-state index contributed by atoms with van der Waals surface area (Å²) in [6.07, 6.45) is 0.856. The Hall–Kier alpha value is -1.92. The summed E-state index contributed by atoms with van der Waals surface area (Å²) in [6.45, 7) is 2.23. The van der Waals surface area contributed by atoms with E-state index in [1.807, 2.05) is 6.92 Å². The van der Waals surface area contributed by atoms with Crippen molar-refractivity contribution in [1.82, 2.24) is 4.72 Å². The van der Waals surface area contributed by atoms with Crippen molar-refractivity contribution in [3.05, 3.63) is 59.9 Å². The Labute approximate surface area is 130 Å². The van der Waals surface area contributed by atoms with Gasteiger partial charge in [-0.3, -0.25) is 0 Å². The first-order valence-electron chi connectivity index (χ1n) is 6.98. The monoisotopic (exact) mass is 323 g/mol. The van der Waals surface area contributed by atoms with Gasteiger partial charge in [0.2, 0.25) is 10.0 Å². The van der Waals surface area contributed by atoms with Gasteiger partial charge in [0.25, 0.3) is 0 Å². The van der Waals surface area contributed by atoms with E-state index < -0.39 is 15.8 Å². The lowest BCUT2D eigenvalue weighted by atomic mass is 10.2. The molecule has 0 bridgehead atoms. The minimum atomic E-state index is -3.55. The summed E-state index contributed by atoms with van der Waals surface area (Å²) in [5.74, 6) is -0.0272. The minimum absolute atomic E-state index is 0.106. The Morgan fingerprint density at radius 1 is 1.14 bits per heavy atom. The molecule has 2 rings (SSSR count). The largest absolute Gasteiger partial charge is 0.492 e. The SMILES string of the molecule is CCc1ccc(S(=O)(=O)NCCOc2cccc(F)c2)cc1. The highest BCUT2D eigenvalue weighted by Crippen LogP contribution is 2.12. The topological polar surface area (TPSA) is 55.4 Å². The number of sulfonamides is 1. The summed E-state index contributed by atoms with van der Waals surface area (Å²) in [6, 6.07) is 12.4. The third-order valence-electron chi connectivity index (χ3n) is 3.10. The average molecular weight is 323 g/mol. The first kappa shape index (κ1) is 16.5. The van der Waals surface area contributed by atoms with Crippen LogP contribution in [0.4, 0.5) is 4.39 Å². The lowest BCUT2D eigenvalue weighted by molar-refractivity contribution is 0.321. The Bertz CT molecular complexity index is 714. The minimum Gasteiger partial charge on any atom is -0.492 e.